The zero-order chi connectivity index (χ0) is 14.8. The van der Waals surface area contributed by atoms with Crippen molar-refractivity contribution in [3.05, 3.63) is 34.9 Å². The third-order valence-electron chi connectivity index (χ3n) is 5.23. The van der Waals surface area contributed by atoms with Crippen molar-refractivity contribution in [1.29, 1.82) is 0 Å². The first-order chi connectivity index (χ1) is 9.44. The number of hydrogen-bond donors (Lipinski definition) is 0. The maximum absolute atomic E-state index is 12.7. The molecule has 0 radical (unpaired) electrons. The average Bonchev–Trinajstić information content (AvgIpc) is 2.43. The first-order valence-electron chi connectivity index (χ1n) is 7.86. The molecule has 0 spiro atoms. The van der Waals surface area contributed by atoms with E-state index in [-0.39, 0.29) is 6.04 Å². The number of nitrogens with zero attached hydrogens (tertiary/aromatic N) is 1. The quantitative estimate of drug-likeness (QED) is 0.769. The number of carbonyl (C=O) groups is 1. The highest BCUT2D eigenvalue weighted by Crippen LogP contribution is 2.23. The molecule has 1 atom stereocenters. The van der Waals surface area contributed by atoms with Gasteiger partial charge in [-0.1, -0.05) is 18.2 Å². The first-order valence-corrected chi connectivity index (χ1v) is 7.86. The molecule has 1 unspecified atom stereocenters. The maximum Gasteiger partial charge on any atom is 0.193 e. The van der Waals surface area contributed by atoms with Crippen molar-refractivity contribution >= 4 is 5.78 Å². The molecule has 2 nitrogen and oxygen atoms in total. The summed E-state index contributed by atoms with van der Waals surface area (Å²) in [6.07, 6.45) is 4.44. The number of hydrogen-bond acceptors (Lipinski definition) is 1. The Kier molecular flexibility index (Phi) is 4.64. The number of ketones is 1. The fourth-order valence-electron chi connectivity index (χ4n) is 3.42. The van der Waals surface area contributed by atoms with Gasteiger partial charge in [0.2, 0.25) is 0 Å². The molecule has 2 rings (SSSR count). The monoisotopic (exact) mass is 274 g/mol. The second-order valence-electron chi connectivity index (χ2n) is 6.68. The Balaban J connectivity index is 2.11. The van der Waals surface area contributed by atoms with Crippen molar-refractivity contribution in [2.75, 3.05) is 20.1 Å². The number of rotatable bonds is 4. The van der Waals surface area contributed by atoms with Gasteiger partial charge in [-0.25, -0.2) is 0 Å². The number of piperidine rings is 1. The molecule has 1 heterocycles. The van der Waals surface area contributed by atoms with Gasteiger partial charge >= 0.3 is 0 Å². The number of Topliss-reactive ketones (excluding diaryl/α,β-unsaturated/α-hetero) is 1. The number of quaternary nitrogens is 1. The van der Waals surface area contributed by atoms with Crippen LogP contribution in [0.1, 0.15) is 42.9 Å². The Hall–Kier alpha value is -1.15. The molecule has 1 aromatic rings. The van der Waals surface area contributed by atoms with E-state index in [0.717, 1.165) is 17.6 Å². The summed E-state index contributed by atoms with van der Waals surface area (Å²) in [5, 5.41) is 0. The maximum atomic E-state index is 12.7. The number of benzene rings is 1. The highest BCUT2D eigenvalue weighted by molar-refractivity contribution is 5.85. The lowest BCUT2D eigenvalue weighted by Crippen LogP contribution is -2.57. The molecule has 1 aromatic carbocycles. The van der Waals surface area contributed by atoms with Crippen molar-refractivity contribution in [3.8, 4) is 0 Å². The smallest absolute Gasteiger partial charge is 0.193 e. The molecule has 0 saturated carbocycles. The van der Waals surface area contributed by atoms with Crippen molar-refractivity contribution in [2.45, 2.75) is 52.5 Å². The van der Waals surface area contributed by atoms with Crippen LogP contribution in [0.3, 0.4) is 0 Å². The van der Waals surface area contributed by atoms with Gasteiger partial charge < -0.3 is 4.48 Å². The van der Waals surface area contributed by atoms with Crippen LogP contribution in [0.4, 0.5) is 0 Å². The van der Waals surface area contributed by atoms with Gasteiger partial charge in [0.1, 0.15) is 6.04 Å². The summed E-state index contributed by atoms with van der Waals surface area (Å²) < 4.78 is 0.934. The lowest BCUT2D eigenvalue weighted by atomic mass is 9.94. The van der Waals surface area contributed by atoms with E-state index < -0.39 is 0 Å². The lowest BCUT2D eigenvalue weighted by molar-refractivity contribution is -0.927. The van der Waals surface area contributed by atoms with Crippen molar-refractivity contribution < 1.29 is 9.28 Å². The van der Waals surface area contributed by atoms with E-state index in [1.807, 2.05) is 0 Å². The minimum Gasteiger partial charge on any atom is -0.318 e. The van der Waals surface area contributed by atoms with E-state index >= 15 is 0 Å². The molecule has 0 aliphatic carbocycles. The van der Waals surface area contributed by atoms with Gasteiger partial charge in [-0.05, 0) is 56.7 Å². The van der Waals surface area contributed by atoms with E-state index in [1.165, 1.54) is 36.0 Å². The Morgan fingerprint density at radius 3 is 2.25 bits per heavy atom. The van der Waals surface area contributed by atoms with Crippen LogP contribution in [0, 0.1) is 13.8 Å². The highest BCUT2D eigenvalue weighted by atomic mass is 16.1. The molecule has 0 aromatic heterocycles. The van der Waals surface area contributed by atoms with E-state index in [9.17, 15) is 4.79 Å². The minimum absolute atomic E-state index is 0.120. The van der Waals surface area contributed by atoms with Crippen molar-refractivity contribution in [1.82, 2.24) is 0 Å². The van der Waals surface area contributed by atoms with Crippen LogP contribution in [0.2, 0.25) is 0 Å². The van der Waals surface area contributed by atoms with Crippen molar-refractivity contribution in [2.24, 2.45) is 0 Å². The van der Waals surface area contributed by atoms with Crippen LogP contribution < -0.4 is 0 Å². The highest BCUT2D eigenvalue weighted by Gasteiger charge is 2.35. The molecular weight excluding hydrogens is 246 g/mol. The Morgan fingerprint density at radius 1 is 1.15 bits per heavy atom. The predicted octanol–water partition coefficient (Wildman–Crippen LogP) is 3.43. The summed E-state index contributed by atoms with van der Waals surface area (Å²) in [6, 6.07) is 6.41. The molecular formula is C18H28NO+. The van der Waals surface area contributed by atoms with Gasteiger partial charge in [0, 0.05) is 6.42 Å². The predicted molar refractivity (Wildman–Crippen MR) is 83.9 cm³/mol. The van der Waals surface area contributed by atoms with Gasteiger partial charge in [0.15, 0.2) is 5.78 Å². The van der Waals surface area contributed by atoms with Gasteiger partial charge in [0.05, 0.1) is 20.1 Å². The topological polar surface area (TPSA) is 17.1 Å². The molecule has 1 aliphatic rings. The third kappa shape index (κ3) is 3.12. The van der Waals surface area contributed by atoms with Gasteiger partial charge in [-0.2, -0.15) is 0 Å². The average molecular weight is 274 g/mol. The Morgan fingerprint density at radius 2 is 1.70 bits per heavy atom. The summed E-state index contributed by atoms with van der Waals surface area (Å²) in [6.45, 7) is 8.65. The summed E-state index contributed by atoms with van der Waals surface area (Å²) in [4.78, 5) is 12.7. The molecule has 0 amide bonds. The van der Waals surface area contributed by atoms with E-state index in [1.54, 1.807) is 0 Å². The molecule has 1 aliphatic heterocycles. The van der Waals surface area contributed by atoms with Crippen LogP contribution >= 0.6 is 0 Å². The van der Waals surface area contributed by atoms with Gasteiger partial charge in [0.25, 0.3) is 0 Å². The summed E-state index contributed by atoms with van der Waals surface area (Å²) in [5.41, 5.74) is 3.71. The molecule has 110 valence electrons. The van der Waals surface area contributed by atoms with Crippen molar-refractivity contribution in [3.63, 3.8) is 0 Å². The summed E-state index contributed by atoms with van der Waals surface area (Å²) in [5.74, 6) is 0.395. The molecule has 1 saturated heterocycles. The summed E-state index contributed by atoms with van der Waals surface area (Å²) in [7, 11) is 2.26. The number of carbonyl (C=O) groups excluding carboxylic acids is 1. The van der Waals surface area contributed by atoms with Crippen LogP contribution in [0.5, 0.6) is 0 Å². The van der Waals surface area contributed by atoms with Crippen LogP contribution in [0.15, 0.2) is 18.2 Å². The molecule has 1 fully saturated rings. The first kappa shape index (κ1) is 15.2. The number of likely N-dealkylation sites (N-methyl/N-ethyl adjacent to an activating group) is 1. The molecule has 20 heavy (non-hydrogen) atoms. The molecule has 0 bridgehead atoms. The van der Waals surface area contributed by atoms with E-state index in [4.69, 9.17) is 0 Å². The zero-order valence-corrected chi connectivity index (χ0v) is 13.4. The largest absolute Gasteiger partial charge is 0.318 e. The van der Waals surface area contributed by atoms with Gasteiger partial charge in [-0.3, -0.25) is 4.79 Å². The SMILES string of the molecule is Cc1cccc(C)c1CC(=O)C(C)[N+]1(C)CCCCC1. The zero-order valence-electron chi connectivity index (χ0n) is 13.4. The molecule has 2 heteroatoms. The normalized spacial score (nSPS) is 19.6. The fraction of sp³-hybridized carbons (Fsp3) is 0.611. The Bertz CT molecular complexity index is 466. The van der Waals surface area contributed by atoms with Crippen LogP contribution in [-0.4, -0.2) is 36.4 Å². The van der Waals surface area contributed by atoms with E-state index in [2.05, 4.69) is 46.0 Å². The number of likely N-dealkylation sites (tertiary alicyclic amines) is 1. The molecule has 0 N–H and O–H groups in total. The fourth-order valence-corrected chi connectivity index (χ4v) is 3.42. The third-order valence-corrected chi connectivity index (χ3v) is 5.23. The standard InChI is InChI=1S/C18H28NO/c1-14-9-8-10-15(2)17(14)13-18(20)16(3)19(4)11-6-5-7-12-19/h8-10,16H,5-7,11-13H2,1-4H3/q+1. The van der Waals surface area contributed by atoms with E-state index in [0.29, 0.717) is 12.2 Å². The van der Waals surface area contributed by atoms with Crippen LogP contribution in [-0.2, 0) is 11.2 Å². The Labute approximate surface area is 123 Å². The lowest BCUT2D eigenvalue weighted by Gasteiger charge is -2.42. The van der Waals surface area contributed by atoms with Gasteiger partial charge in [-0.15, -0.1) is 0 Å². The second-order valence-corrected chi connectivity index (χ2v) is 6.68. The second kappa shape index (κ2) is 6.09. The number of aryl methyl sites for hydroxylation is 2. The van der Waals surface area contributed by atoms with Crippen LogP contribution in [0.25, 0.3) is 0 Å². The summed E-state index contributed by atoms with van der Waals surface area (Å²) >= 11 is 0. The minimum atomic E-state index is 0.120.